The van der Waals surface area contributed by atoms with E-state index in [9.17, 15) is 9.18 Å². The van der Waals surface area contributed by atoms with E-state index in [4.69, 9.17) is 0 Å². The summed E-state index contributed by atoms with van der Waals surface area (Å²) in [6, 6.07) is 12.9. The highest BCUT2D eigenvalue weighted by atomic mass is 19.1. The van der Waals surface area contributed by atoms with Crippen LogP contribution in [0.3, 0.4) is 0 Å². The molecule has 1 heterocycles. The van der Waals surface area contributed by atoms with Gasteiger partial charge in [0, 0.05) is 5.56 Å². The van der Waals surface area contributed by atoms with Crippen molar-refractivity contribution in [2.75, 3.05) is 10.2 Å². The summed E-state index contributed by atoms with van der Waals surface area (Å²) in [4.78, 5) is 13.5. The summed E-state index contributed by atoms with van der Waals surface area (Å²) < 4.78 is 12.9. The Labute approximate surface area is 110 Å². The van der Waals surface area contributed by atoms with Gasteiger partial charge in [-0.15, -0.1) is 0 Å². The molecule has 3 nitrogen and oxygen atoms in total. The molecule has 0 radical (unpaired) electrons. The van der Waals surface area contributed by atoms with E-state index < -0.39 is 0 Å². The molecule has 0 aromatic heterocycles. The number of carbonyl (C=O) groups excluding carboxylic acids is 1. The third kappa shape index (κ3) is 1.87. The largest absolute Gasteiger partial charge is 0.330 e. The second-order valence-electron chi connectivity index (χ2n) is 4.23. The Hall–Kier alpha value is -2.62. The summed E-state index contributed by atoms with van der Waals surface area (Å²) in [5.74, 6) is -0.341. The van der Waals surface area contributed by atoms with E-state index in [0.717, 1.165) is 11.3 Å². The fourth-order valence-electron chi connectivity index (χ4n) is 2.12. The number of hydrogen-bond donors (Lipinski definition) is 1. The van der Waals surface area contributed by atoms with Crippen LogP contribution < -0.4 is 10.2 Å². The Balaban J connectivity index is 2.06. The van der Waals surface area contributed by atoms with Crippen molar-refractivity contribution in [1.29, 1.82) is 0 Å². The molecule has 94 valence electrons. The number of halogens is 1. The van der Waals surface area contributed by atoms with E-state index in [2.05, 4.69) is 11.9 Å². The van der Waals surface area contributed by atoms with Crippen molar-refractivity contribution in [1.82, 2.24) is 0 Å². The number of para-hydroxylation sites is 1. The number of fused-ring (bicyclic) bond motifs is 1. The van der Waals surface area contributed by atoms with Crippen molar-refractivity contribution in [3.63, 3.8) is 0 Å². The van der Waals surface area contributed by atoms with E-state index in [-0.39, 0.29) is 11.8 Å². The van der Waals surface area contributed by atoms with Crippen LogP contribution in [0, 0.1) is 5.82 Å². The van der Waals surface area contributed by atoms with Crippen molar-refractivity contribution < 1.29 is 9.18 Å². The molecule has 0 fully saturated rings. The van der Waals surface area contributed by atoms with Gasteiger partial charge in [-0.05, 0) is 30.3 Å². The number of hydrogen-bond acceptors (Lipinski definition) is 1. The maximum atomic E-state index is 12.9. The lowest BCUT2D eigenvalue weighted by atomic mass is 10.1. The van der Waals surface area contributed by atoms with Gasteiger partial charge < -0.3 is 5.32 Å². The Bertz CT molecular complexity index is 664. The molecule has 3 rings (SSSR count). The Morgan fingerprint density at radius 2 is 1.74 bits per heavy atom. The number of rotatable bonds is 1. The van der Waals surface area contributed by atoms with Crippen molar-refractivity contribution >= 4 is 23.1 Å². The average molecular weight is 254 g/mol. The molecule has 1 aliphatic heterocycles. The summed E-state index contributed by atoms with van der Waals surface area (Å²) >= 11 is 0. The van der Waals surface area contributed by atoms with Crippen molar-refractivity contribution in [2.45, 2.75) is 0 Å². The molecule has 0 bridgehead atoms. The number of carbonyl (C=O) groups is 1. The highest BCUT2D eigenvalue weighted by Crippen LogP contribution is 2.34. The zero-order valence-electron chi connectivity index (χ0n) is 10.1. The van der Waals surface area contributed by atoms with Gasteiger partial charge >= 0.3 is 6.03 Å². The van der Waals surface area contributed by atoms with Crippen LogP contribution in [0.5, 0.6) is 0 Å². The van der Waals surface area contributed by atoms with Gasteiger partial charge in [-0.2, -0.15) is 0 Å². The molecule has 2 aromatic carbocycles. The molecular formula is C15H11FN2O. The molecule has 0 unspecified atom stereocenters. The van der Waals surface area contributed by atoms with Crippen LogP contribution in [0.1, 0.15) is 5.56 Å². The number of benzene rings is 2. The molecule has 4 heteroatoms. The molecule has 0 atom stereocenters. The SMILES string of the molecule is C=C1c2ccccc2NC(=O)N1c1ccc(F)cc1. The lowest BCUT2D eigenvalue weighted by Crippen LogP contribution is -2.37. The lowest BCUT2D eigenvalue weighted by molar-refractivity contribution is 0.259. The Morgan fingerprint density at radius 3 is 2.47 bits per heavy atom. The Kier molecular flexibility index (Phi) is 2.56. The second kappa shape index (κ2) is 4.24. The predicted molar refractivity (Wildman–Crippen MR) is 73.4 cm³/mol. The fraction of sp³-hybridized carbons (Fsp3) is 0. The second-order valence-corrected chi connectivity index (χ2v) is 4.23. The first kappa shape index (κ1) is 11.5. The molecule has 19 heavy (non-hydrogen) atoms. The topological polar surface area (TPSA) is 32.3 Å². The summed E-state index contributed by atoms with van der Waals surface area (Å²) in [6.07, 6.45) is 0. The molecule has 1 N–H and O–H groups in total. The summed E-state index contributed by atoms with van der Waals surface area (Å²) in [6.45, 7) is 3.96. The van der Waals surface area contributed by atoms with Gasteiger partial charge in [0.25, 0.3) is 0 Å². The van der Waals surface area contributed by atoms with Gasteiger partial charge in [0.15, 0.2) is 0 Å². The Morgan fingerprint density at radius 1 is 1.05 bits per heavy atom. The zero-order valence-corrected chi connectivity index (χ0v) is 10.1. The van der Waals surface area contributed by atoms with Crippen LogP contribution in [-0.2, 0) is 0 Å². The van der Waals surface area contributed by atoms with Crippen LogP contribution >= 0.6 is 0 Å². The molecule has 0 aliphatic carbocycles. The van der Waals surface area contributed by atoms with Gasteiger partial charge in [-0.1, -0.05) is 24.8 Å². The van der Waals surface area contributed by atoms with E-state index in [0.29, 0.717) is 11.4 Å². The van der Waals surface area contributed by atoms with Crippen LogP contribution in [0.2, 0.25) is 0 Å². The van der Waals surface area contributed by atoms with E-state index in [1.165, 1.54) is 17.0 Å². The quantitative estimate of drug-likeness (QED) is 0.823. The minimum atomic E-state index is -0.341. The molecule has 1 aliphatic rings. The minimum Gasteiger partial charge on any atom is -0.307 e. The number of amides is 2. The summed E-state index contributed by atoms with van der Waals surface area (Å²) in [5, 5.41) is 2.79. The molecule has 2 aromatic rings. The van der Waals surface area contributed by atoms with Crippen LogP contribution in [0.4, 0.5) is 20.6 Å². The van der Waals surface area contributed by atoms with Crippen LogP contribution in [0.15, 0.2) is 55.1 Å². The molecule has 2 amide bonds. The smallest absolute Gasteiger partial charge is 0.307 e. The van der Waals surface area contributed by atoms with E-state index in [1.807, 2.05) is 24.3 Å². The predicted octanol–water partition coefficient (Wildman–Crippen LogP) is 3.85. The third-order valence-corrected chi connectivity index (χ3v) is 3.04. The monoisotopic (exact) mass is 254 g/mol. The molecular weight excluding hydrogens is 243 g/mol. The van der Waals surface area contributed by atoms with Gasteiger partial charge in [0.1, 0.15) is 5.82 Å². The van der Waals surface area contributed by atoms with Gasteiger partial charge in [-0.25, -0.2) is 9.18 Å². The standard InChI is InChI=1S/C15H11FN2O/c1-10-13-4-2-3-5-14(13)17-15(19)18(10)12-8-6-11(16)7-9-12/h2-9H,1H2,(H,17,19). The first-order valence-electron chi connectivity index (χ1n) is 5.82. The number of urea groups is 1. The molecule has 0 spiro atoms. The first-order valence-corrected chi connectivity index (χ1v) is 5.82. The van der Waals surface area contributed by atoms with Crippen molar-refractivity contribution in [3.05, 3.63) is 66.5 Å². The van der Waals surface area contributed by atoms with Gasteiger partial charge in [0.05, 0.1) is 17.1 Å². The fourth-order valence-corrected chi connectivity index (χ4v) is 2.12. The number of anilines is 2. The highest BCUT2D eigenvalue weighted by molar-refractivity contribution is 6.16. The maximum absolute atomic E-state index is 12.9. The number of nitrogens with zero attached hydrogens (tertiary/aromatic N) is 1. The van der Waals surface area contributed by atoms with Gasteiger partial charge in [-0.3, -0.25) is 4.90 Å². The maximum Gasteiger partial charge on any atom is 0.330 e. The molecule has 0 saturated carbocycles. The minimum absolute atomic E-state index is 0.296. The van der Waals surface area contributed by atoms with Crippen molar-refractivity contribution in [2.24, 2.45) is 0 Å². The van der Waals surface area contributed by atoms with Crippen LogP contribution in [-0.4, -0.2) is 6.03 Å². The van der Waals surface area contributed by atoms with E-state index >= 15 is 0 Å². The van der Waals surface area contributed by atoms with Crippen molar-refractivity contribution in [3.8, 4) is 0 Å². The summed E-state index contributed by atoms with van der Waals surface area (Å²) in [7, 11) is 0. The normalized spacial score (nSPS) is 14.1. The van der Waals surface area contributed by atoms with Crippen LogP contribution in [0.25, 0.3) is 5.70 Å². The average Bonchev–Trinajstić information content (AvgIpc) is 2.41. The summed E-state index contributed by atoms with van der Waals surface area (Å²) in [5.41, 5.74) is 2.74. The first-order chi connectivity index (χ1) is 9.16. The highest BCUT2D eigenvalue weighted by Gasteiger charge is 2.27. The molecule has 0 saturated heterocycles. The lowest BCUT2D eigenvalue weighted by Gasteiger charge is -2.31. The van der Waals surface area contributed by atoms with Gasteiger partial charge in [0.2, 0.25) is 0 Å². The third-order valence-electron chi connectivity index (χ3n) is 3.04. The van der Waals surface area contributed by atoms with E-state index in [1.54, 1.807) is 12.1 Å². The number of nitrogens with one attached hydrogen (secondary N) is 1. The zero-order chi connectivity index (χ0) is 13.4.